The van der Waals surface area contributed by atoms with Crippen LogP contribution < -0.4 is 0 Å². The van der Waals surface area contributed by atoms with E-state index < -0.39 is 0 Å². The second-order valence-electron chi connectivity index (χ2n) is 2.05. The molecule has 0 spiro atoms. The maximum atomic E-state index is 4.78. The average molecular weight is 145 g/mol. The number of nitrogens with zero attached hydrogens (tertiary/aromatic N) is 2. The van der Waals surface area contributed by atoms with Crippen LogP contribution in [-0.4, -0.2) is 10.2 Å². The Morgan fingerprint density at radius 3 is 3.00 bits per heavy atom. The maximum Gasteiger partial charge on any atom is 0.179 e. The third-order valence-corrected chi connectivity index (χ3v) is 1.32. The molecule has 1 radical (unpaired) electrons. The number of hydrogen-bond donors (Lipinski definition) is 0. The average Bonchev–Trinajstić information content (AvgIpc) is 2.58. The predicted octanol–water partition coefficient (Wildman–Crippen LogP) is 1.54. The monoisotopic (exact) mass is 145 g/mol. The molecule has 0 bridgehead atoms. The predicted molar refractivity (Wildman–Crippen MR) is 38.6 cm³/mol. The molecule has 0 atom stereocenters. The Labute approximate surface area is 63.7 Å². The van der Waals surface area contributed by atoms with Crippen LogP contribution in [0.4, 0.5) is 0 Å². The lowest BCUT2D eigenvalue weighted by atomic mass is 10.2. The van der Waals surface area contributed by atoms with Gasteiger partial charge in [0.2, 0.25) is 0 Å². The topological polar surface area (TPSA) is 38.9 Å². The van der Waals surface area contributed by atoms with Crippen LogP contribution in [-0.2, 0) is 0 Å². The lowest BCUT2D eigenvalue weighted by Gasteiger charge is -1.89. The van der Waals surface area contributed by atoms with Crippen LogP contribution in [0.2, 0.25) is 0 Å². The first-order valence-corrected chi connectivity index (χ1v) is 3.20. The number of rotatable bonds is 1. The molecule has 53 valence electrons. The third-order valence-electron chi connectivity index (χ3n) is 1.32. The number of aromatic nitrogens is 2. The Morgan fingerprint density at radius 1 is 1.36 bits per heavy atom. The van der Waals surface area contributed by atoms with Gasteiger partial charge in [-0.2, -0.15) is 10.2 Å². The van der Waals surface area contributed by atoms with Crippen LogP contribution in [0.15, 0.2) is 35.1 Å². The normalized spacial score (nSPS) is 9.82. The van der Waals surface area contributed by atoms with Gasteiger partial charge in [-0.05, 0) is 18.2 Å². The Balaban J connectivity index is 2.46. The van der Waals surface area contributed by atoms with Crippen molar-refractivity contribution in [2.45, 2.75) is 0 Å². The standard InChI is InChI=1S/C8H5N2O/c1-2-8(10-9-4-1)7-3-5-11-6-7/h1-5H. The van der Waals surface area contributed by atoms with Crippen molar-refractivity contribution >= 4 is 0 Å². The third kappa shape index (κ3) is 1.12. The van der Waals surface area contributed by atoms with E-state index in [0.717, 1.165) is 11.3 Å². The van der Waals surface area contributed by atoms with Crippen molar-refractivity contribution in [3.8, 4) is 11.3 Å². The Hall–Kier alpha value is -1.64. The fourth-order valence-electron chi connectivity index (χ4n) is 0.816. The summed E-state index contributed by atoms with van der Waals surface area (Å²) in [6, 6.07) is 5.47. The highest BCUT2D eigenvalue weighted by molar-refractivity contribution is 5.55. The first kappa shape index (κ1) is 6.09. The summed E-state index contributed by atoms with van der Waals surface area (Å²) in [5, 5.41) is 7.61. The molecule has 0 aliphatic heterocycles. The van der Waals surface area contributed by atoms with Crippen LogP contribution in [0.3, 0.4) is 0 Å². The largest absolute Gasteiger partial charge is 0.460 e. The van der Waals surface area contributed by atoms with Crippen LogP contribution in [0.25, 0.3) is 11.3 Å². The second-order valence-corrected chi connectivity index (χ2v) is 2.05. The summed E-state index contributed by atoms with van der Waals surface area (Å²) >= 11 is 0. The van der Waals surface area contributed by atoms with Gasteiger partial charge < -0.3 is 4.42 Å². The highest BCUT2D eigenvalue weighted by Crippen LogP contribution is 2.13. The molecule has 2 aromatic heterocycles. The first-order chi connectivity index (χ1) is 5.47. The molecule has 2 heterocycles. The van der Waals surface area contributed by atoms with Gasteiger partial charge in [0.05, 0.1) is 17.5 Å². The van der Waals surface area contributed by atoms with Gasteiger partial charge in [-0.15, -0.1) is 0 Å². The highest BCUT2D eigenvalue weighted by Gasteiger charge is 1.98. The molecule has 2 aromatic rings. The maximum absolute atomic E-state index is 4.78. The smallest absolute Gasteiger partial charge is 0.179 e. The van der Waals surface area contributed by atoms with Crippen molar-refractivity contribution in [1.29, 1.82) is 0 Å². The second kappa shape index (κ2) is 2.54. The molecule has 0 N–H and O–H groups in total. The van der Waals surface area contributed by atoms with Gasteiger partial charge in [0.25, 0.3) is 0 Å². The molecular formula is C8H5N2O. The van der Waals surface area contributed by atoms with Crippen molar-refractivity contribution in [2.24, 2.45) is 0 Å². The summed E-state index contributed by atoms with van der Waals surface area (Å²) in [4.78, 5) is 0. The first-order valence-electron chi connectivity index (χ1n) is 3.20. The van der Waals surface area contributed by atoms with Gasteiger partial charge in [0.1, 0.15) is 0 Å². The molecule has 2 rings (SSSR count). The minimum atomic E-state index is 0.779. The Morgan fingerprint density at radius 2 is 2.36 bits per heavy atom. The molecule has 3 heteroatoms. The lowest BCUT2D eigenvalue weighted by molar-refractivity contribution is 0.559. The van der Waals surface area contributed by atoms with Crippen LogP contribution in [0.1, 0.15) is 0 Å². The fourth-order valence-corrected chi connectivity index (χ4v) is 0.816. The van der Waals surface area contributed by atoms with Crippen molar-refractivity contribution in [2.75, 3.05) is 0 Å². The fraction of sp³-hybridized carbons (Fsp3) is 0. The van der Waals surface area contributed by atoms with Crippen molar-refractivity contribution < 1.29 is 4.42 Å². The van der Waals surface area contributed by atoms with Gasteiger partial charge in [-0.1, -0.05) is 0 Å². The molecule has 0 saturated carbocycles. The zero-order valence-corrected chi connectivity index (χ0v) is 5.69. The summed E-state index contributed by atoms with van der Waals surface area (Å²) in [6.45, 7) is 0. The van der Waals surface area contributed by atoms with E-state index in [0.29, 0.717) is 0 Å². The van der Waals surface area contributed by atoms with E-state index in [1.807, 2.05) is 12.1 Å². The van der Waals surface area contributed by atoms with E-state index in [-0.39, 0.29) is 0 Å². The van der Waals surface area contributed by atoms with E-state index >= 15 is 0 Å². The molecule has 0 aliphatic rings. The molecular weight excluding hydrogens is 140 g/mol. The van der Waals surface area contributed by atoms with Crippen molar-refractivity contribution in [1.82, 2.24) is 10.2 Å². The molecule has 0 fully saturated rings. The Bertz CT molecular complexity index is 315. The molecule has 11 heavy (non-hydrogen) atoms. The zero-order chi connectivity index (χ0) is 7.52. The highest BCUT2D eigenvalue weighted by atomic mass is 16.3. The van der Waals surface area contributed by atoms with Gasteiger partial charge in [-0.25, -0.2) is 0 Å². The summed E-state index contributed by atoms with van der Waals surface area (Å²) < 4.78 is 4.78. The summed E-state index contributed by atoms with van der Waals surface area (Å²) in [6.07, 6.45) is 5.86. The minimum absolute atomic E-state index is 0.779. The van der Waals surface area contributed by atoms with E-state index in [1.165, 1.54) is 0 Å². The summed E-state index contributed by atoms with van der Waals surface area (Å²) in [5.41, 5.74) is 1.61. The SMILES string of the molecule is [c]1occc1-c1cccnn1. The quantitative estimate of drug-likeness (QED) is 0.610. The minimum Gasteiger partial charge on any atom is -0.460 e. The molecule has 0 saturated heterocycles. The van der Waals surface area contributed by atoms with E-state index in [1.54, 1.807) is 18.5 Å². The van der Waals surface area contributed by atoms with Gasteiger partial charge >= 0.3 is 0 Å². The van der Waals surface area contributed by atoms with E-state index in [2.05, 4.69) is 16.5 Å². The van der Waals surface area contributed by atoms with Gasteiger partial charge in [0.15, 0.2) is 6.26 Å². The van der Waals surface area contributed by atoms with Crippen LogP contribution >= 0.6 is 0 Å². The van der Waals surface area contributed by atoms with E-state index in [4.69, 9.17) is 4.42 Å². The molecule has 0 aliphatic carbocycles. The molecule has 0 unspecified atom stereocenters. The number of furan rings is 1. The Kier molecular flexibility index (Phi) is 1.41. The van der Waals surface area contributed by atoms with Gasteiger partial charge in [0, 0.05) is 6.20 Å². The molecule has 3 nitrogen and oxygen atoms in total. The van der Waals surface area contributed by atoms with Gasteiger partial charge in [-0.3, -0.25) is 0 Å². The van der Waals surface area contributed by atoms with Crippen molar-refractivity contribution in [3.05, 3.63) is 36.9 Å². The molecule has 0 amide bonds. The lowest BCUT2D eigenvalue weighted by Crippen LogP contribution is -1.82. The summed E-state index contributed by atoms with van der Waals surface area (Å²) in [5.74, 6) is 0. The summed E-state index contributed by atoms with van der Waals surface area (Å²) in [7, 11) is 0. The molecule has 0 aromatic carbocycles. The van der Waals surface area contributed by atoms with E-state index in [9.17, 15) is 0 Å². The zero-order valence-electron chi connectivity index (χ0n) is 5.69. The van der Waals surface area contributed by atoms with Crippen molar-refractivity contribution in [3.63, 3.8) is 0 Å². The van der Waals surface area contributed by atoms with Crippen LogP contribution in [0, 0.1) is 6.26 Å². The van der Waals surface area contributed by atoms with Crippen LogP contribution in [0.5, 0.6) is 0 Å². The number of hydrogen-bond acceptors (Lipinski definition) is 3.